The van der Waals surface area contributed by atoms with Crippen molar-refractivity contribution < 1.29 is 0 Å². The van der Waals surface area contributed by atoms with Crippen molar-refractivity contribution in [2.45, 2.75) is 57.5 Å². The molecule has 3 rings (SSSR count). The summed E-state index contributed by atoms with van der Waals surface area (Å²) in [5.74, 6) is 2.28. The van der Waals surface area contributed by atoms with E-state index in [1.165, 1.54) is 44.5 Å². The Bertz CT molecular complexity index is 361. The van der Waals surface area contributed by atoms with Gasteiger partial charge >= 0.3 is 0 Å². The Kier molecular flexibility index (Phi) is 3.14. The Morgan fingerprint density at radius 1 is 1.18 bits per heavy atom. The van der Waals surface area contributed by atoms with Crippen LogP contribution >= 0.6 is 0 Å². The molecule has 1 unspecified atom stereocenters. The van der Waals surface area contributed by atoms with Crippen molar-refractivity contribution in [1.29, 1.82) is 0 Å². The highest BCUT2D eigenvalue weighted by atomic mass is 15.4. The topological polar surface area (TPSA) is 34.0 Å². The lowest BCUT2D eigenvalue weighted by atomic mass is 10.00. The number of nitrogens with zero attached hydrogens (tertiary/aromatic N) is 4. The lowest BCUT2D eigenvalue weighted by Crippen LogP contribution is -2.37. The van der Waals surface area contributed by atoms with Gasteiger partial charge in [0.05, 0.1) is 0 Å². The molecular weight excluding hydrogens is 212 g/mol. The van der Waals surface area contributed by atoms with Crippen molar-refractivity contribution in [3.8, 4) is 0 Å². The number of hydrogen-bond acceptors (Lipinski definition) is 3. The summed E-state index contributed by atoms with van der Waals surface area (Å²) in [6.07, 6.45) is 8.72. The fraction of sp³-hybridized carbons (Fsp3) is 0.846. The van der Waals surface area contributed by atoms with Crippen molar-refractivity contribution in [2.75, 3.05) is 13.6 Å². The van der Waals surface area contributed by atoms with Gasteiger partial charge < -0.3 is 4.90 Å². The summed E-state index contributed by atoms with van der Waals surface area (Å²) in [6, 6.07) is 0.660. The summed E-state index contributed by atoms with van der Waals surface area (Å²) in [6.45, 7) is 2.31. The van der Waals surface area contributed by atoms with Crippen molar-refractivity contribution in [3.63, 3.8) is 0 Å². The quantitative estimate of drug-likeness (QED) is 0.780. The summed E-state index contributed by atoms with van der Waals surface area (Å²) in [7, 11) is 2.24. The summed E-state index contributed by atoms with van der Waals surface area (Å²) in [5, 5.41) is 4.66. The highest BCUT2D eigenvalue weighted by Gasteiger charge is 2.22. The molecule has 0 N–H and O–H groups in total. The SMILES string of the molecule is CN1CCCCC1Cc1nc2n(n1)CCCC2. The molecule has 4 nitrogen and oxygen atoms in total. The third-order valence-electron chi connectivity index (χ3n) is 4.15. The van der Waals surface area contributed by atoms with Gasteiger partial charge in [0.25, 0.3) is 0 Å². The van der Waals surface area contributed by atoms with Crippen LogP contribution in [0.3, 0.4) is 0 Å². The van der Waals surface area contributed by atoms with E-state index in [9.17, 15) is 0 Å². The molecule has 2 aliphatic heterocycles. The first-order valence-electron chi connectivity index (χ1n) is 6.96. The van der Waals surface area contributed by atoms with E-state index in [0.29, 0.717) is 6.04 Å². The highest BCUT2D eigenvalue weighted by Crippen LogP contribution is 2.19. The minimum Gasteiger partial charge on any atom is -0.303 e. The number of aromatic nitrogens is 3. The maximum atomic E-state index is 4.70. The van der Waals surface area contributed by atoms with E-state index in [4.69, 9.17) is 4.98 Å². The van der Waals surface area contributed by atoms with Crippen LogP contribution in [0.5, 0.6) is 0 Å². The van der Waals surface area contributed by atoms with Gasteiger partial charge in [0.2, 0.25) is 0 Å². The van der Waals surface area contributed by atoms with Crippen LogP contribution in [0.25, 0.3) is 0 Å². The van der Waals surface area contributed by atoms with Crippen LogP contribution in [0.4, 0.5) is 0 Å². The van der Waals surface area contributed by atoms with E-state index in [-0.39, 0.29) is 0 Å². The molecule has 1 fully saturated rings. The van der Waals surface area contributed by atoms with Gasteiger partial charge in [-0.3, -0.25) is 0 Å². The third kappa shape index (κ3) is 2.37. The molecule has 0 saturated carbocycles. The second kappa shape index (κ2) is 4.77. The molecule has 0 bridgehead atoms. The zero-order valence-electron chi connectivity index (χ0n) is 10.7. The summed E-state index contributed by atoms with van der Waals surface area (Å²) in [4.78, 5) is 7.18. The predicted octanol–water partition coefficient (Wildman–Crippen LogP) is 1.64. The molecule has 3 heterocycles. The van der Waals surface area contributed by atoms with Crippen LogP contribution in [-0.2, 0) is 19.4 Å². The molecule has 1 saturated heterocycles. The maximum Gasteiger partial charge on any atom is 0.152 e. The van der Waals surface area contributed by atoms with Crippen LogP contribution in [0.1, 0.15) is 43.8 Å². The molecule has 0 amide bonds. The van der Waals surface area contributed by atoms with Gasteiger partial charge in [-0.15, -0.1) is 0 Å². The minimum absolute atomic E-state index is 0.660. The van der Waals surface area contributed by atoms with Crippen LogP contribution in [-0.4, -0.2) is 39.3 Å². The average molecular weight is 234 g/mol. The normalized spacial score (nSPS) is 25.8. The first kappa shape index (κ1) is 11.2. The molecular formula is C13H22N4. The number of aryl methyl sites for hydroxylation is 2. The average Bonchev–Trinajstić information content (AvgIpc) is 2.74. The molecule has 1 aromatic heterocycles. The molecule has 1 aromatic rings. The number of likely N-dealkylation sites (tertiary alicyclic amines) is 1. The zero-order valence-corrected chi connectivity index (χ0v) is 10.7. The standard InChI is InChI=1S/C13H22N4/c1-16-8-4-2-6-11(16)10-12-14-13-7-3-5-9-17(13)15-12/h11H,2-10H2,1H3. The lowest BCUT2D eigenvalue weighted by Gasteiger charge is -2.31. The van der Waals surface area contributed by atoms with E-state index in [1.54, 1.807) is 0 Å². The Balaban J connectivity index is 1.69. The van der Waals surface area contributed by atoms with E-state index in [1.807, 2.05) is 0 Å². The Labute approximate surface area is 103 Å². The first-order valence-corrected chi connectivity index (χ1v) is 6.96. The number of piperidine rings is 1. The molecule has 0 aromatic carbocycles. The van der Waals surface area contributed by atoms with Gasteiger partial charge in [0.15, 0.2) is 5.82 Å². The van der Waals surface area contributed by atoms with E-state index in [0.717, 1.165) is 25.2 Å². The smallest absolute Gasteiger partial charge is 0.152 e. The lowest BCUT2D eigenvalue weighted by molar-refractivity contribution is 0.182. The molecule has 1 atom stereocenters. The van der Waals surface area contributed by atoms with Crippen LogP contribution in [0.2, 0.25) is 0 Å². The van der Waals surface area contributed by atoms with Gasteiger partial charge in [0.1, 0.15) is 5.82 Å². The maximum absolute atomic E-state index is 4.70. The molecule has 0 aliphatic carbocycles. The van der Waals surface area contributed by atoms with Crippen molar-refractivity contribution in [3.05, 3.63) is 11.6 Å². The third-order valence-corrected chi connectivity index (χ3v) is 4.15. The second-order valence-corrected chi connectivity index (χ2v) is 5.46. The molecule has 94 valence electrons. The summed E-state index contributed by atoms with van der Waals surface area (Å²) < 4.78 is 2.13. The fourth-order valence-electron chi connectivity index (χ4n) is 3.03. The minimum atomic E-state index is 0.660. The number of rotatable bonds is 2. The van der Waals surface area contributed by atoms with Gasteiger partial charge in [0, 0.05) is 25.4 Å². The van der Waals surface area contributed by atoms with E-state index < -0.39 is 0 Å². The molecule has 2 aliphatic rings. The predicted molar refractivity (Wildman–Crippen MR) is 66.9 cm³/mol. The second-order valence-electron chi connectivity index (χ2n) is 5.46. The van der Waals surface area contributed by atoms with Gasteiger partial charge in [-0.2, -0.15) is 5.10 Å². The summed E-state index contributed by atoms with van der Waals surface area (Å²) >= 11 is 0. The van der Waals surface area contributed by atoms with Gasteiger partial charge in [-0.25, -0.2) is 9.67 Å². The molecule has 17 heavy (non-hydrogen) atoms. The first-order chi connectivity index (χ1) is 8.33. The monoisotopic (exact) mass is 234 g/mol. The van der Waals surface area contributed by atoms with Crippen LogP contribution in [0.15, 0.2) is 0 Å². The van der Waals surface area contributed by atoms with Gasteiger partial charge in [-0.1, -0.05) is 6.42 Å². The largest absolute Gasteiger partial charge is 0.303 e. The van der Waals surface area contributed by atoms with Crippen molar-refractivity contribution in [2.24, 2.45) is 0 Å². The van der Waals surface area contributed by atoms with Crippen molar-refractivity contribution >= 4 is 0 Å². The van der Waals surface area contributed by atoms with Crippen molar-refractivity contribution in [1.82, 2.24) is 19.7 Å². The van der Waals surface area contributed by atoms with Crippen LogP contribution < -0.4 is 0 Å². The number of hydrogen-bond donors (Lipinski definition) is 0. The Hall–Kier alpha value is -0.900. The molecule has 4 heteroatoms. The molecule has 0 spiro atoms. The van der Waals surface area contributed by atoms with Gasteiger partial charge in [-0.05, 0) is 39.3 Å². The summed E-state index contributed by atoms with van der Waals surface area (Å²) in [5.41, 5.74) is 0. The van der Waals surface area contributed by atoms with E-state index in [2.05, 4.69) is 21.7 Å². The number of fused-ring (bicyclic) bond motifs is 1. The number of likely N-dealkylation sites (N-methyl/N-ethyl adjacent to an activating group) is 1. The fourth-order valence-corrected chi connectivity index (χ4v) is 3.03. The van der Waals surface area contributed by atoms with E-state index >= 15 is 0 Å². The Morgan fingerprint density at radius 2 is 2.06 bits per heavy atom. The zero-order chi connectivity index (χ0) is 11.7. The molecule has 0 radical (unpaired) electrons. The highest BCUT2D eigenvalue weighted by molar-refractivity contribution is 4.98. The van der Waals surface area contributed by atoms with Crippen LogP contribution in [0, 0.1) is 0 Å². The Morgan fingerprint density at radius 3 is 2.88 bits per heavy atom.